The summed E-state index contributed by atoms with van der Waals surface area (Å²) >= 11 is 0. The Bertz CT molecular complexity index is 418. The van der Waals surface area contributed by atoms with Gasteiger partial charge in [-0.25, -0.2) is 0 Å². The second-order valence-electron chi connectivity index (χ2n) is 4.32. The number of aliphatic imine (C=N–C) groups is 1. The molecule has 0 saturated heterocycles. The van der Waals surface area contributed by atoms with Crippen molar-refractivity contribution in [2.24, 2.45) is 4.99 Å². The van der Waals surface area contributed by atoms with Crippen LogP contribution in [0.4, 0.5) is 0 Å². The highest BCUT2D eigenvalue weighted by molar-refractivity contribution is 14.0. The largest absolute Gasteiger partial charge is 0.386 e. The molecule has 112 valence electrons. The highest BCUT2D eigenvalue weighted by Crippen LogP contribution is 2.13. The monoisotopic (exact) mass is 389 g/mol. The fourth-order valence-electron chi connectivity index (χ4n) is 1.58. The molecule has 0 aliphatic rings. The minimum absolute atomic E-state index is 0. The van der Waals surface area contributed by atoms with Crippen molar-refractivity contribution in [2.75, 3.05) is 19.6 Å². The molecule has 0 saturated carbocycles. The van der Waals surface area contributed by atoms with Crippen LogP contribution >= 0.6 is 24.0 Å². The molecular weight excluding hydrogens is 365 g/mol. The average molecular weight is 389 g/mol. The predicted octanol–water partition coefficient (Wildman–Crippen LogP) is 2.39. The summed E-state index contributed by atoms with van der Waals surface area (Å²) in [5, 5.41) is 16.3. The van der Waals surface area contributed by atoms with E-state index in [1.54, 1.807) is 6.08 Å². The molecule has 1 aromatic carbocycles. The van der Waals surface area contributed by atoms with Crippen LogP contribution in [0, 0.1) is 6.92 Å². The molecule has 0 aromatic heterocycles. The Kier molecular flexibility index (Phi) is 10.1. The van der Waals surface area contributed by atoms with Gasteiger partial charge in [-0.1, -0.05) is 35.9 Å². The first kappa shape index (κ1) is 18.9. The van der Waals surface area contributed by atoms with Gasteiger partial charge in [0.1, 0.15) is 0 Å². The number of rotatable bonds is 6. The molecule has 0 spiro atoms. The first-order valence-electron chi connectivity index (χ1n) is 6.55. The van der Waals surface area contributed by atoms with E-state index in [1.807, 2.05) is 38.1 Å². The Morgan fingerprint density at radius 2 is 2.00 bits per heavy atom. The van der Waals surface area contributed by atoms with E-state index in [2.05, 4.69) is 22.2 Å². The molecule has 0 aliphatic carbocycles. The second-order valence-corrected chi connectivity index (χ2v) is 4.32. The summed E-state index contributed by atoms with van der Waals surface area (Å²) in [6, 6.07) is 7.84. The zero-order chi connectivity index (χ0) is 14.1. The van der Waals surface area contributed by atoms with Gasteiger partial charge >= 0.3 is 0 Å². The summed E-state index contributed by atoms with van der Waals surface area (Å²) in [5.74, 6) is 0.688. The van der Waals surface area contributed by atoms with Gasteiger partial charge in [-0.2, -0.15) is 0 Å². The van der Waals surface area contributed by atoms with Crippen LogP contribution in [-0.4, -0.2) is 30.7 Å². The molecule has 3 N–H and O–H groups in total. The minimum Gasteiger partial charge on any atom is -0.386 e. The Morgan fingerprint density at radius 1 is 1.35 bits per heavy atom. The van der Waals surface area contributed by atoms with Crippen LogP contribution in [-0.2, 0) is 0 Å². The summed E-state index contributed by atoms with van der Waals surface area (Å²) in [6.07, 6.45) is 1.18. The van der Waals surface area contributed by atoms with Crippen LogP contribution in [0.5, 0.6) is 0 Å². The van der Waals surface area contributed by atoms with Gasteiger partial charge in [0.15, 0.2) is 5.96 Å². The smallest absolute Gasteiger partial charge is 0.191 e. The lowest BCUT2D eigenvalue weighted by molar-refractivity contribution is 0.187. The number of guanidine groups is 1. The molecule has 1 unspecified atom stereocenters. The first-order valence-corrected chi connectivity index (χ1v) is 6.55. The van der Waals surface area contributed by atoms with Crippen molar-refractivity contribution < 1.29 is 5.11 Å². The van der Waals surface area contributed by atoms with Gasteiger partial charge in [-0.05, 0) is 19.4 Å². The highest BCUT2D eigenvalue weighted by Gasteiger charge is 2.06. The van der Waals surface area contributed by atoms with Crippen LogP contribution in [0.2, 0.25) is 0 Å². The third kappa shape index (κ3) is 6.91. The van der Waals surface area contributed by atoms with Crippen LogP contribution < -0.4 is 10.6 Å². The Morgan fingerprint density at radius 3 is 2.55 bits per heavy atom. The molecule has 0 fully saturated rings. The van der Waals surface area contributed by atoms with Crippen LogP contribution in [0.15, 0.2) is 41.9 Å². The number of aliphatic hydroxyl groups excluding tert-OH is 1. The molecule has 1 aromatic rings. The van der Waals surface area contributed by atoms with Gasteiger partial charge in [0.25, 0.3) is 0 Å². The van der Waals surface area contributed by atoms with E-state index in [0.717, 1.165) is 12.1 Å². The number of halogens is 1. The first-order chi connectivity index (χ1) is 9.17. The lowest BCUT2D eigenvalue weighted by Gasteiger charge is -2.12. The van der Waals surface area contributed by atoms with Gasteiger partial charge in [-0.3, -0.25) is 4.99 Å². The molecule has 0 radical (unpaired) electrons. The SMILES string of the molecule is C=CCNC(=NCC(O)c1ccc(C)cc1)NCC.I. The van der Waals surface area contributed by atoms with Crippen LogP contribution in [0.25, 0.3) is 0 Å². The lowest BCUT2D eigenvalue weighted by Crippen LogP contribution is -2.37. The van der Waals surface area contributed by atoms with Crippen molar-refractivity contribution in [3.05, 3.63) is 48.0 Å². The Labute approximate surface area is 138 Å². The van der Waals surface area contributed by atoms with Crippen molar-refractivity contribution in [3.63, 3.8) is 0 Å². The Balaban J connectivity index is 0.00000361. The van der Waals surface area contributed by atoms with E-state index < -0.39 is 6.10 Å². The maximum Gasteiger partial charge on any atom is 0.191 e. The van der Waals surface area contributed by atoms with Gasteiger partial charge < -0.3 is 15.7 Å². The fourth-order valence-corrected chi connectivity index (χ4v) is 1.58. The van der Waals surface area contributed by atoms with Crippen molar-refractivity contribution >= 4 is 29.9 Å². The molecule has 0 bridgehead atoms. The number of nitrogens with one attached hydrogen (secondary N) is 2. The molecule has 1 atom stereocenters. The number of benzene rings is 1. The molecule has 0 amide bonds. The fraction of sp³-hybridized carbons (Fsp3) is 0.400. The van der Waals surface area contributed by atoms with Crippen LogP contribution in [0.3, 0.4) is 0 Å². The average Bonchev–Trinajstić information content (AvgIpc) is 2.42. The maximum atomic E-state index is 10.1. The summed E-state index contributed by atoms with van der Waals surface area (Å²) in [6.45, 7) is 9.43. The molecule has 1 rings (SSSR count). The summed E-state index contributed by atoms with van der Waals surface area (Å²) in [7, 11) is 0. The molecule has 4 nitrogen and oxygen atoms in total. The molecule has 0 aliphatic heterocycles. The standard InChI is InChI=1S/C15H23N3O.HI/c1-4-10-17-15(16-5-2)18-11-14(19)13-8-6-12(3)7-9-13;/h4,6-9,14,19H,1,5,10-11H2,2-3H3,(H2,16,17,18);1H. The maximum absolute atomic E-state index is 10.1. The van der Waals surface area contributed by atoms with Crippen LogP contribution in [0.1, 0.15) is 24.2 Å². The quantitative estimate of drug-likeness (QED) is 0.303. The summed E-state index contributed by atoms with van der Waals surface area (Å²) in [4.78, 5) is 4.35. The topological polar surface area (TPSA) is 56.7 Å². The Hall–Kier alpha value is -1.08. The number of nitrogens with zero attached hydrogens (tertiary/aromatic N) is 1. The van der Waals surface area contributed by atoms with E-state index in [4.69, 9.17) is 0 Å². The van der Waals surface area contributed by atoms with Crippen molar-refractivity contribution in [3.8, 4) is 0 Å². The van der Waals surface area contributed by atoms with Crippen molar-refractivity contribution in [2.45, 2.75) is 20.0 Å². The third-order valence-electron chi connectivity index (χ3n) is 2.64. The van der Waals surface area contributed by atoms with E-state index in [0.29, 0.717) is 19.0 Å². The molecule has 5 heteroatoms. The van der Waals surface area contributed by atoms with Gasteiger partial charge in [-0.15, -0.1) is 30.6 Å². The van der Waals surface area contributed by atoms with Gasteiger partial charge in [0.05, 0.1) is 12.6 Å². The van der Waals surface area contributed by atoms with E-state index in [1.165, 1.54) is 5.56 Å². The molecule has 0 heterocycles. The molecule has 20 heavy (non-hydrogen) atoms. The number of hydrogen-bond donors (Lipinski definition) is 3. The second kappa shape index (κ2) is 10.7. The number of aryl methyl sites for hydroxylation is 1. The predicted molar refractivity (Wildman–Crippen MR) is 95.7 cm³/mol. The summed E-state index contributed by atoms with van der Waals surface area (Å²) < 4.78 is 0. The van der Waals surface area contributed by atoms with Crippen molar-refractivity contribution in [1.29, 1.82) is 0 Å². The van der Waals surface area contributed by atoms with E-state index >= 15 is 0 Å². The van der Waals surface area contributed by atoms with E-state index in [-0.39, 0.29) is 24.0 Å². The normalized spacial score (nSPS) is 12.2. The van der Waals surface area contributed by atoms with Gasteiger partial charge in [0, 0.05) is 13.1 Å². The summed E-state index contributed by atoms with van der Waals surface area (Å²) in [5.41, 5.74) is 2.06. The highest BCUT2D eigenvalue weighted by atomic mass is 127. The number of aliphatic hydroxyl groups is 1. The minimum atomic E-state index is -0.584. The third-order valence-corrected chi connectivity index (χ3v) is 2.64. The zero-order valence-corrected chi connectivity index (χ0v) is 14.4. The van der Waals surface area contributed by atoms with E-state index in [9.17, 15) is 5.11 Å². The van der Waals surface area contributed by atoms with Gasteiger partial charge in [0.2, 0.25) is 0 Å². The lowest BCUT2D eigenvalue weighted by atomic mass is 10.1. The molecular formula is C15H24IN3O. The zero-order valence-electron chi connectivity index (χ0n) is 12.1. The van der Waals surface area contributed by atoms with Crippen molar-refractivity contribution in [1.82, 2.24) is 10.6 Å². The number of hydrogen-bond acceptors (Lipinski definition) is 2.